The topological polar surface area (TPSA) is 88.6 Å². The van der Waals surface area contributed by atoms with Gasteiger partial charge in [-0.1, -0.05) is 36.4 Å². The van der Waals surface area contributed by atoms with E-state index in [1.54, 1.807) is 15.5 Å². The second-order valence-corrected chi connectivity index (χ2v) is 7.30. The van der Waals surface area contributed by atoms with E-state index in [0.717, 1.165) is 17.2 Å². The first-order valence-corrected chi connectivity index (χ1v) is 9.78. The highest BCUT2D eigenvalue weighted by Gasteiger charge is 2.29. The van der Waals surface area contributed by atoms with Crippen LogP contribution >= 0.6 is 0 Å². The Bertz CT molecular complexity index is 1220. The van der Waals surface area contributed by atoms with E-state index in [9.17, 15) is 14.7 Å². The average Bonchev–Trinajstić information content (AvgIpc) is 3.09. The average molecular weight is 407 g/mol. The third-order valence-corrected chi connectivity index (χ3v) is 5.54. The molecule has 7 heteroatoms. The molecule has 3 N–H and O–H groups in total. The summed E-state index contributed by atoms with van der Waals surface area (Å²) in [7, 11) is 0. The number of nitrogens with zero attached hydrogens (tertiary/aromatic N) is 2. The van der Waals surface area contributed by atoms with Crippen molar-refractivity contribution in [2.75, 3.05) is 11.4 Å². The summed E-state index contributed by atoms with van der Waals surface area (Å²) in [5.74, 6) is -1.92. The molecule has 1 aliphatic heterocycles. The molecular formula is C23H22FN3O3. The van der Waals surface area contributed by atoms with Crippen LogP contribution in [0.15, 0.2) is 59.0 Å². The zero-order valence-electron chi connectivity index (χ0n) is 16.5. The minimum Gasteiger partial charge on any atom is -0.477 e. The zero-order chi connectivity index (χ0) is 21.4. The van der Waals surface area contributed by atoms with E-state index >= 15 is 4.39 Å². The first-order chi connectivity index (χ1) is 14.4. The molecule has 0 bridgehead atoms. The molecule has 1 unspecified atom stereocenters. The van der Waals surface area contributed by atoms with Crippen molar-refractivity contribution < 1.29 is 14.3 Å². The SMILES string of the molecule is CCn1cc(C(=O)O)c(=O)c2cc(F)c(N3CCC(=Cc4ccccc4)C3N)cc21. The molecule has 0 amide bonds. The Hall–Kier alpha value is -3.45. The molecule has 154 valence electrons. The van der Waals surface area contributed by atoms with Crippen molar-refractivity contribution in [3.8, 4) is 0 Å². The molecule has 1 saturated heterocycles. The molecular weight excluding hydrogens is 385 g/mol. The second kappa shape index (κ2) is 7.76. The smallest absolute Gasteiger partial charge is 0.341 e. The van der Waals surface area contributed by atoms with Gasteiger partial charge in [0.2, 0.25) is 5.43 Å². The van der Waals surface area contributed by atoms with Crippen LogP contribution in [0.1, 0.15) is 29.3 Å². The van der Waals surface area contributed by atoms with Crippen molar-refractivity contribution in [3.63, 3.8) is 0 Å². The van der Waals surface area contributed by atoms with Gasteiger partial charge in [-0.05, 0) is 36.6 Å². The Morgan fingerprint density at radius 3 is 2.70 bits per heavy atom. The van der Waals surface area contributed by atoms with Gasteiger partial charge in [-0.25, -0.2) is 9.18 Å². The normalized spacial score (nSPS) is 17.8. The fraction of sp³-hybridized carbons (Fsp3) is 0.217. The van der Waals surface area contributed by atoms with E-state index in [2.05, 4.69) is 0 Å². The van der Waals surface area contributed by atoms with Gasteiger partial charge in [0.15, 0.2) is 0 Å². The van der Waals surface area contributed by atoms with Gasteiger partial charge in [0.05, 0.1) is 17.4 Å². The highest BCUT2D eigenvalue weighted by Crippen LogP contribution is 2.32. The molecule has 6 nitrogen and oxygen atoms in total. The summed E-state index contributed by atoms with van der Waals surface area (Å²) >= 11 is 0. The highest BCUT2D eigenvalue weighted by molar-refractivity contribution is 5.93. The number of aromatic nitrogens is 1. The van der Waals surface area contributed by atoms with Gasteiger partial charge in [0.25, 0.3) is 0 Å². The van der Waals surface area contributed by atoms with E-state index in [0.29, 0.717) is 30.7 Å². The van der Waals surface area contributed by atoms with E-state index in [4.69, 9.17) is 5.73 Å². The number of aromatic carboxylic acids is 1. The summed E-state index contributed by atoms with van der Waals surface area (Å²) < 4.78 is 16.7. The number of rotatable bonds is 4. The number of benzene rings is 2. The Balaban J connectivity index is 1.79. The lowest BCUT2D eigenvalue weighted by molar-refractivity contribution is 0.0695. The van der Waals surface area contributed by atoms with Crippen molar-refractivity contribution in [2.45, 2.75) is 26.1 Å². The first-order valence-electron chi connectivity index (χ1n) is 9.78. The Kier molecular flexibility index (Phi) is 5.13. The molecule has 1 aromatic heterocycles. The number of carbonyl (C=O) groups is 1. The largest absolute Gasteiger partial charge is 0.477 e. The van der Waals surface area contributed by atoms with Crippen LogP contribution in [0.5, 0.6) is 0 Å². The molecule has 0 aliphatic carbocycles. The molecule has 2 aromatic carbocycles. The van der Waals surface area contributed by atoms with Crippen LogP contribution in [0.4, 0.5) is 10.1 Å². The maximum absolute atomic E-state index is 15.0. The maximum Gasteiger partial charge on any atom is 0.341 e. The Morgan fingerprint density at radius 1 is 1.30 bits per heavy atom. The van der Waals surface area contributed by atoms with Crippen molar-refractivity contribution in [1.82, 2.24) is 4.57 Å². The van der Waals surface area contributed by atoms with Gasteiger partial charge in [0.1, 0.15) is 11.4 Å². The molecule has 30 heavy (non-hydrogen) atoms. The molecule has 1 atom stereocenters. The minimum absolute atomic E-state index is 0.0471. The van der Waals surface area contributed by atoms with Crippen LogP contribution < -0.4 is 16.1 Å². The lowest BCUT2D eigenvalue weighted by Gasteiger charge is -2.25. The van der Waals surface area contributed by atoms with Crippen molar-refractivity contribution in [1.29, 1.82) is 0 Å². The van der Waals surface area contributed by atoms with Crippen LogP contribution in [0, 0.1) is 5.82 Å². The van der Waals surface area contributed by atoms with Crippen LogP contribution in [-0.2, 0) is 6.54 Å². The lowest BCUT2D eigenvalue weighted by atomic mass is 10.1. The number of aryl methyl sites for hydroxylation is 1. The number of anilines is 1. The van der Waals surface area contributed by atoms with Crippen LogP contribution in [-0.4, -0.2) is 28.4 Å². The first kappa shape index (κ1) is 19.8. The number of hydrogen-bond donors (Lipinski definition) is 2. The minimum atomic E-state index is -1.33. The van der Waals surface area contributed by atoms with Gasteiger partial charge >= 0.3 is 5.97 Å². The fourth-order valence-electron chi connectivity index (χ4n) is 3.96. The van der Waals surface area contributed by atoms with E-state index in [1.807, 2.05) is 43.3 Å². The molecule has 0 saturated carbocycles. The second-order valence-electron chi connectivity index (χ2n) is 7.30. The third kappa shape index (κ3) is 3.37. The van der Waals surface area contributed by atoms with Gasteiger partial charge in [0, 0.05) is 24.7 Å². The molecule has 2 heterocycles. The predicted octanol–water partition coefficient (Wildman–Crippen LogP) is 3.44. The van der Waals surface area contributed by atoms with Crippen LogP contribution in [0.2, 0.25) is 0 Å². The summed E-state index contributed by atoms with van der Waals surface area (Å²) in [5, 5.41) is 9.34. The number of carboxylic acids is 1. The summed E-state index contributed by atoms with van der Waals surface area (Å²) in [4.78, 5) is 25.7. The Morgan fingerprint density at radius 2 is 2.03 bits per heavy atom. The molecule has 4 rings (SSSR count). The number of nitrogens with two attached hydrogens (primary N) is 1. The summed E-state index contributed by atoms with van der Waals surface area (Å²) in [6.07, 6.45) is 3.54. The summed E-state index contributed by atoms with van der Waals surface area (Å²) in [5.41, 5.74) is 8.17. The molecule has 0 radical (unpaired) electrons. The lowest BCUT2D eigenvalue weighted by Crippen LogP contribution is -2.38. The highest BCUT2D eigenvalue weighted by atomic mass is 19.1. The van der Waals surface area contributed by atoms with Crippen molar-refractivity contribution >= 4 is 28.6 Å². The van der Waals surface area contributed by atoms with Gasteiger partial charge in [-0.15, -0.1) is 0 Å². The predicted molar refractivity (Wildman–Crippen MR) is 115 cm³/mol. The van der Waals surface area contributed by atoms with Crippen molar-refractivity contribution in [3.05, 3.63) is 81.4 Å². The Labute approximate surface area is 172 Å². The standard InChI is InChI=1S/C23H22FN3O3/c1-2-26-13-17(23(29)30)21(28)16-11-18(24)20(12-19(16)26)27-9-8-15(22(27)25)10-14-6-4-3-5-7-14/h3-7,10-13,22H,2,8-9,25H2,1H3,(H,29,30). The summed E-state index contributed by atoms with van der Waals surface area (Å²) in [6.45, 7) is 2.82. The number of pyridine rings is 1. The zero-order valence-corrected chi connectivity index (χ0v) is 16.5. The van der Waals surface area contributed by atoms with Crippen LogP contribution in [0.25, 0.3) is 17.0 Å². The van der Waals surface area contributed by atoms with Crippen LogP contribution in [0.3, 0.4) is 0 Å². The van der Waals surface area contributed by atoms with Gasteiger partial charge in [-0.3, -0.25) is 4.79 Å². The molecule has 1 fully saturated rings. The quantitative estimate of drug-likeness (QED) is 0.692. The van der Waals surface area contributed by atoms with Gasteiger partial charge in [-0.2, -0.15) is 0 Å². The number of carboxylic acid groups (broad SMARTS) is 1. The van der Waals surface area contributed by atoms with Crippen molar-refractivity contribution in [2.24, 2.45) is 5.73 Å². The number of fused-ring (bicyclic) bond motifs is 1. The van der Waals surface area contributed by atoms with E-state index in [1.165, 1.54) is 6.20 Å². The molecule has 1 aliphatic rings. The molecule has 3 aromatic rings. The van der Waals surface area contributed by atoms with E-state index < -0.39 is 23.4 Å². The maximum atomic E-state index is 15.0. The summed E-state index contributed by atoms with van der Waals surface area (Å²) in [6, 6.07) is 12.5. The fourth-order valence-corrected chi connectivity index (χ4v) is 3.96. The monoisotopic (exact) mass is 407 g/mol. The van der Waals surface area contributed by atoms with E-state index in [-0.39, 0.29) is 10.9 Å². The van der Waals surface area contributed by atoms with Gasteiger partial charge < -0.3 is 20.3 Å². The number of hydrogen-bond acceptors (Lipinski definition) is 4. The number of halogens is 1. The molecule has 0 spiro atoms. The third-order valence-electron chi connectivity index (χ3n) is 5.54.